The molecule has 0 radical (unpaired) electrons. The van der Waals surface area contributed by atoms with Crippen LogP contribution in [-0.2, 0) is 0 Å². The third-order valence-electron chi connectivity index (χ3n) is 1.52. The second-order valence-corrected chi connectivity index (χ2v) is 3.18. The van der Waals surface area contributed by atoms with E-state index in [1.54, 1.807) is 0 Å². The number of hydrogen-bond acceptors (Lipinski definition) is 2. The molecular weight excluding hydrogens is 238 g/mol. The molecule has 0 aromatic carbocycles. The number of ether oxygens (including phenoxy) is 1. The Labute approximate surface area is 87.8 Å². The number of halogens is 5. The minimum atomic E-state index is -4.56. The molecule has 0 aliphatic rings. The summed E-state index contributed by atoms with van der Waals surface area (Å²) in [5.41, 5.74) is 0. The molecule has 0 fully saturated rings. The number of alkyl halides is 3. The predicted octanol–water partition coefficient (Wildman–Crippen LogP) is 3.20. The van der Waals surface area contributed by atoms with Crippen molar-refractivity contribution in [1.82, 2.24) is 4.98 Å². The molecule has 0 aliphatic heterocycles. The van der Waals surface area contributed by atoms with Crippen molar-refractivity contribution < 1.29 is 22.3 Å². The number of rotatable bonds is 2. The summed E-state index contributed by atoms with van der Waals surface area (Å²) >= 11 is 5.36. The van der Waals surface area contributed by atoms with Crippen molar-refractivity contribution in [3.8, 4) is 5.88 Å². The first-order chi connectivity index (χ1) is 6.80. The molecule has 0 saturated carbocycles. The van der Waals surface area contributed by atoms with Crippen LogP contribution in [0.5, 0.6) is 5.88 Å². The number of nitrogens with zero attached hydrogens (tertiary/aromatic N) is 1. The topological polar surface area (TPSA) is 22.1 Å². The average Bonchev–Trinajstić information content (AvgIpc) is 2.08. The molecule has 0 saturated heterocycles. The highest BCUT2D eigenvalue weighted by Gasteiger charge is 2.38. The van der Waals surface area contributed by atoms with Gasteiger partial charge in [-0.05, 0) is 13.0 Å². The van der Waals surface area contributed by atoms with Crippen molar-refractivity contribution in [3.63, 3.8) is 0 Å². The van der Waals surface area contributed by atoms with E-state index in [0.717, 1.165) is 19.2 Å². The van der Waals surface area contributed by atoms with Gasteiger partial charge in [-0.25, -0.2) is 9.37 Å². The lowest BCUT2D eigenvalue weighted by Gasteiger charge is -2.16. The Bertz CT molecular complexity index is 355. The maximum absolute atomic E-state index is 13.0. The zero-order valence-electron chi connectivity index (χ0n) is 7.48. The first kappa shape index (κ1) is 12.0. The fourth-order valence-electron chi connectivity index (χ4n) is 0.723. The number of hydrogen-bond donors (Lipinski definition) is 0. The van der Waals surface area contributed by atoms with Gasteiger partial charge in [-0.15, -0.1) is 0 Å². The summed E-state index contributed by atoms with van der Waals surface area (Å²) in [5.74, 6) is -1.75. The first-order valence-electron chi connectivity index (χ1n) is 3.85. The molecule has 1 aromatic heterocycles. The third-order valence-corrected chi connectivity index (χ3v) is 1.73. The maximum Gasteiger partial charge on any atom is 0.425 e. The summed E-state index contributed by atoms with van der Waals surface area (Å²) in [5, 5.41) is -0.0143. The molecule has 2 nitrogen and oxygen atoms in total. The highest BCUT2D eigenvalue weighted by molar-refractivity contribution is 6.30. The Morgan fingerprint density at radius 2 is 2.07 bits per heavy atom. The van der Waals surface area contributed by atoms with Gasteiger partial charge in [0.2, 0.25) is 0 Å². The zero-order chi connectivity index (χ0) is 11.6. The largest absolute Gasteiger partial charge is 0.463 e. The van der Waals surface area contributed by atoms with Crippen LogP contribution >= 0.6 is 11.6 Å². The highest BCUT2D eigenvalue weighted by atomic mass is 35.5. The first-order valence-corrected chi connectivity index (χ1v) is 4.23. The summed E-state index contributed by atoms with van der Waals surface area (Å²) < 4.78 is 53.4. The summed E-state index contributed by atoms with van der Waals surface area (Å²) in [7, 11) is 0. The molecule has 1 heterocycles. The van der Waals surface area contributed by atoms with E-state index in [-0.39, 0.29) is 5.02 Å². The van der Waals surface area contributed by atoms with Crippen LogP contribution in [0.4, 0.5) is 17.6 Å². The lowest BCUT2D eigenvalue weighted by molar-refractivity contribution is -0.190. The Hall–Kier alpha value is -1.04. The van der Waals surface area contributed by atoms with E-state index in [2.05, 4.69) is 9.72 Å². The minimum absolute atomic E-state index is 0.0143. The molecule has 0 aliphatic carbocycles. The summed E-state index contributed by atoms with van der Waals surface area (Å²) in [6.07, 6.45) is -5.68. The molecule has 1 aromatic rings. The summed E-state index contributed by atoms with van der Waals surface area (Å²) in [6.45, 7) is 0.760. The fourth-order valence-corrected chi connectivity index (χ4v) is 0.868. The zero-order valence-corrected chi connectivity index (χ0v) is 8.23. The minimum Gasteiger partial charge on any atom is -0.463 e. The van der Waals surface area contributed by atoms with Crippen molar-refractivity contribution in [2.45, 2.75) is 19.2 Å². The van der Waals surface area contributed by atoms with Gasteiger partial charge in [0.05, 0.1) is 5.02 Å². The molecule has 0 amide bonds. The standard InChI is InChI=1S/C8H6ClF4NO/c1-4(8(11,12)13)15-7-6(10)2-5(9)3-14-7/h2-4H,1H3. The van der Waals surface area contributed by atoms with Gasteiger partial charge in [0.15, 0.2) is 11.9 Å². The van der Waals surface area contributed by atoms with E-state index in [9.17, 15) is 17.6 Å². The van der Waals surface area contributed by atoms with Crippen LogP contribution in [0, 0.1) is 5.82 Å². The average molecular weight is 244 g/mol. The summed E-state index contributed by atoms with van der Waals surface area (Å²) in [4.78, 5) is 3.30. The summed E-state index contributed by atoms with van der Waals surface area (Å²) in [6, 6.07) is 0.826. The van der Waals surface area contributed by atoms with Gasteiger partial charge in [0.25, 0.3) is 5.88 Å². The van der Waals surface area contributed by atoms with Gasteiger partial charge in [0, 0.05) is 6.20 Å². The van der Waals surface area contributed by atoms with Crippen LogP contribution in [-0.4, -0.2) is 17.3 Å². The molecule has 15 heavy (non-hydrogen) atoms. The molecule has 0 bridgehead atoms. The van der Waals surface area contributed by atoms with E-state index in [1.807, 2.05) is 0 Å². The Balaban J connectivity index is 2.82. The molecule has 84 valence electrons. The van der Waals surface area contributed by atoms with Crippen LogP contribution < -0.4 is 4.74 Å². The van der Waals surface area contributed by atoms with E-state index in [4.69, 9.17) is 11.6 Å². The molecule has 0 spiro atoms. The number of aromatic nitrogens is 1. The maximum atomic E-state index is 13.0. The van der Waals surface area contributed by atoms with E-state index in [0.29, 0.717) is 0 Å². The third kappa shape index (κ3) is 3.23. The lowest BCUT2D eigenvalue weighted by Crippen LogP contribution is -2.31. The second-order valence-electron chi connectivity index (χ2n) is 2.74. The van der Waals surface area contributed by atoms with Crippen molar-refractivity contribution in [1.29, 1.82) is 0 Å². The van der Waals surface area contributed by atoms with Crippen molar-refractivity contribution in [3.05, 3.63) is 23.1 Å². The van der Waals surface area contributed by atoms with Crippen molar-refractivity contribution in [2.24, 2.45) is 0 Å². The van der Waals surface area contributed by atoms with Gasteiger partial charge in [-0.1, -0.05) is 11.6 Å². The lowest BCUT2D eigenvalue weighted by atomic mass is 10.4. The van der Waals surface area contributed by atoms with E-state index < -0.39 is 24.0 Å². The molecule has 7 heteroatoms. The van der Waals surface area contributed by atoms with Crippen LogP contribution in [0.25, 0.3) is 0 Å². The fraction of sp³-hybridized carbons (Fsp3) is 0.375. The SMILES string of the molecule is CC(Oc1ncc(Cl)cc1F)C(F)(F)F. The van der Waals surface area contributed by atoms with Crippen LogP contribution in [0.2, 0.25) is 5.02 Å². The van der Waals surface area contributed by atoms with Crippen LogP contribution in [0.3, 0.4) is 0 Å². The van der Waals surface area contributed by atoms with Gasteiger partial charge >= 0.3 is 6.18 Å². The smallest absolute Gasteiger partial charge is 0.425 e. The predicted molar refractivity (Wildman–Crippen MR) is 45.4 cm³/mol. The molecule has 0 N–H and O–H groups in total. The van der Waals surface area contributed by atoms with Crippen molar-refractivity contribution >= 4 is 11.6 Å². The van der Waals surface area contributed by atoms with Crippen LogP contribution in [0.1, 0.15) is 6.92 Å². The quantitative estimate of drug-likeness (QED) is 0.744. The van der Waals surface area contributed by atoms with E-state index in [1.165, 1.54) is 0 Å². The molecule has 1 atom stereocenters. The molecule has 1 unspecified atom stereocenters. The van der Waals surface area contributed by atoms with Crippen LogP contribution in [0.15, 0.2) is 12.3 Å². The van der Waals surface area contributed by atoms with Crippen molar-refractivity contribution in [2.75, 3.05) is 0 Å². The highest BCUT2D eigenvalue weighted by Crippen LogP contribution is 2.26. The van der Waals surface area contributed by atoms with Gasteiger partial charge in [-0.2, -0.15) is 13.2 Å². The van der Waals surface area contributed by atoms with E-state index >= 15 is 0 Å². The van der Waals surface area contributed by atoms with Gasteiger partial charge < -0.3 is 4.74 Å². The van der Waals surface area contributed by atoms with Gasteiger partial charge in [0.1, 0.15) is 0 Å². The normalized spacial score (nSPS) is 13.7. The second kappa shape index (κ2) is 4.22. The van der Waals surface area contributed by atoms with Gasteiger partial charge in [-0.3, -0.25) is 0 Å². The monoisotopic (exact) mass is 243 g/mol. The Morgan fingerprint density at radius 1 is 1.47 bits per heavy atom. The Morgan fingerprint density at radius 3 is 2.53 bits per heavy atom. The Kier molecular flexibility index (Phi) is 3.38. The number of pyridine rings is 1. The molecular formula is C8H6ClF4NO. The molecule has 1 rings (SSSR count).